The van der Waals surface area contributed by atoms with Crippen molar-refractivity contribution in [3.63, 3.8) is 0 Å². The van der Waals surface area contributed by atoms with Crippen molar-refractivity contribution in [3.8, 4) is 0 Å². The Labute approximate surface area is 95.9 Å². The number of alkyl halides is 3. The van der Waals surface area contributed by atoms with Gasteiger partial charge in [0.25, 0.3) is 0 Å². The fraction of sp³-hybridized carbons (Fsp3) is 0.600. The van der Waals surface area contributed by atoms with E-state index in [1.807, 2.05) is 11.9 Å². The maximum Gasteiger partial charge on any atom is 0.449 e. The van der Waals surface area contributed by atoms with Gasteiger partial charge in [0.05, 0.1) is 5.69 Å². The van der Waals surface area contributed by atoms with E-state index in [0.717, 1.165) is 12.8 Å². The number of carboxylic acids is 1. The van der Waals surface area contributed by atoms with Crippen LogP contribution in [0.15, 0.2) is 0 Å². The number of nitrogens with one attached hydrogen (secondary N) is 1. The Kier molecular flexibility index (Phi) is 4.14. The SMILES string of the molecule is CCCCCc1nc(C(F)(F)F)[nH]c1C(=O)O. The van der Waals surface area contributed by atoms with Crippen LogP contribution >= 0.6 is 0 Å². The molecule has 0 aliphatic rings. The number of H-pyrrole nitrogens is 1. The van der Waals surface area contributed by atoms with Gasteiger partial charge >= 0.3 is 12.1 Å². The molecule has 7 heteroatoms. The summed E-state index contributed by atoms with van der Waals surface area (Å²) in [4.78, 5) is 15.9. The highest BCUT2D eigenvalue weighted by molar-refractivity contribution is 5.86. The van der Waals surface area contributed by atoms with Gasteiger partial charge in [0.1, 0.15) is 5.69 Å². The first kappa shape index (κ1) is 13.5. The van der Waals surface area contributed by atoms with Crippen molar-refractivity contribution in [1.82, 2.24) is 9.97 Å². The minimum Gasteiger partial charge on any atom is -0.477 e. The quantitative estimate of drug-likeness (QED) is 0.789. The minimum atomic E-state index is -4.65. The summed E-state index contributed by atoms with van der Waals surface area (Å²) in [6, 6.07) is 0. The molecule has 17 heavy (non-hydrogen) atoms. The number of aromatic amines is 1. The number of imidazole rings is 1. The Morgan fingerprint density at radius 3 is 2.53 bits per heavy atom. The van der Waals surface area contributed by atoms with Gasteiger partial charge < -0.3 is 10.1 Å². The molecule has 0 spiro atoms. The molecular formula is C10H13F3N2O2. The second-order valence-corrected chi connectivity index (χ2v) is 3.67. The molecule has 1 aromatic heterocycles. The van der Waals surface area contributed by atoms with Gasteiger partial charge in [-0.3, -0.25) is 0 Å². The van der Waals surface area contributed by atoms with Crippen LogP contribution in [0.1, 0.15) is 48.2 Å². The highest BCUT2D eigenvalue weighted by atomic mass is 19.4. The van der Waals surface area contributed by atoms with E-state index in [2.05, 4.69) is 4.98 Å². The zero-order valence-electron chi connectivity index (χ0n) is 9.26. The number of aromatic carboxylic acids is 1. The third-order valence-corrected chi connectivity index (χ3v) is 2.28. The van der Waals surface area contributed by atoms with Crippen LogP contribution in [0.4, 0.5) is 13.2 Å². The summed E-state index contributed by atoms with van der Waals surface area (Å²) in [7, 11) is 0. The van der Waals surface area contributed by atoms with E-state index in [4.69, 9.17) is 5.11 Å². The molecule has 0 radical (unpaired) electrons. The van der Waals surface area contributed by atoms with Gasteiger partial charge in [-0.25, -0.2) is 9.78 Å². The highest BCUT2D eigenvalue weighted by Gasteiger charge is 2.36. The number of hydrogen-bond acceptors (Lipinski definition) is 2. The molecule has 4 nitrogen and oxygen atoms in total. The number of halogens is 3. The van der Waals surface area contributed by atoms with Crippen LogP contribution in [-0.2, 0) is 12.6 Å². The molecule has 0 fully saturated rings. The third kappa shape index (κ3) is 3.47. The van der Waals surface area contributed by atoms with Gasteiger partial charge in [-0.05, 0) is 12.8 Å². The Hall–Kier alpha value is -1.53. The van der Waals surface area contributed by atoms with Crippen LogP contribution in [0.5, 0.6) is 0 Å². The molecule has 0 aromatic carbocycles. The second-order valence-electron chi connectivity index (χ2n) is 3.67. The third-order valence-electron chi connectivity index (χ3n) is 2.28. The molecule has 0 saturated carbocycles. The van der Waals surface area contributed by atoms with Gasteiger partial charge in [-0.1, -0.05) is 19.8 Å². The van der Waals surface area contributed by atoms with Crippen molar-refractivity contribution < 1.29 is 23.1 Å². The molecular weight excluding hydrogens is 237 g/mol. The van der Waals surface area contributed by atoms with Crippen LogP contribution in [0.3, 0.4) is 0 Å². The molecule has 0 saturated heterocycles. The Morgan fingerprint density at radius 1 is 1.41 bits per heavy atom. The van der Waals surface area contributed by atoms with Gasteiger partial charge in [-0.2, -0.15) is 13.2 Å². The van der Waals surface area contributed by atoms with Gasteiger partial charge in [0.2, 0.25) is 5.82 Å². The van der Waals surface area contributed by atoms with E-state index in [9.17, 15) is 18.0 Å². The Bertz CT molecular complexity index is 399. The number of carboxylic acid groups (broad SMARTS) is 1. The van der Waals surface area contributed by atoms with Crippen molar-refractivity contribution in [2.24, 2.45) is 0 Å². The van der Waals surface area contributed by atoms with Crippen LogP contribution in [0.2, 0.25) is 0 Å². The summed E-state index contributed by atoms with van der Waals surface area (Å²) in [6.07, 6.45) is -2.06. The summed E-state index contributed by atoms with van der Waals surface area (Å²) < 4.78 is 37.0. The van der Waals surface area contributed by atoms with Crippen molar-refractivity contribution in [3.05, 3.63) is 17.2 Å². The molecule has 0 aliphatic heterocycles. The van der Waals surface area contributed by atoms with Gasteiger partial charge in [-0.15, -0.1) is 0 Å². The largest absolute Gasteiger partial charge is 0.477 e. The van der Waals surface area contributed by atoms with Crippen LogP contribution in [-0.4, -0.2) is 21.0 Å². The molecule has 0 bridgehead atoms. The molecule has 1 heterocycles. The maximum absolute atomic E-state index is 12.3. The molecule has 2 N–H and O–H groups in total. The fourth-order valence-corrected chi connectivity index (χ4v) is 1.44. The summed E-state index contributed by atoms with van der Waals surface area (Å²) in [6.45, 7) is 1.95. The summed E-state index contributed by atoms with van der Waals surface area (Å²) in [5, 5.41) is 8.76. The Morgan fingerprint density at radius 2 is 2.06 bits per heavy atom. The normalized spacial score (nSPS) is 11.8. The first-order valence-electron chi connectivity index (χ1n) is 5.25. The van der Waals surface area contributed by atoms with Crippen LogP contribution in [0.25, 0.3) is 0 Å². The molecule has 0 atom stereocenters. The lowest BCUT2D eigenvalue weighted by Crippen LogP contribution is -2.08. The zero-order chi connectivity index (χ0) is 13.1. The Balaban J connectivity index is 2.94. The summed E-state index contributed by atoms with van der Waals surface area (Å²) in [5.74, 6) is -2.67. The zero-order valence-corrected chi connectivity index (χ0v) is 9.26. The van der Waals surface area contributed by atoms with E-state index >= 15 is 0 Å². The average Bonchev–Trinajstić information content (AvgIpc) is 2.61. The summed E-state index contributed by atoms with van der Waals surface area (Å²) >= 11 is 0. The van der Waals surface area contributed by atoms with Crippen LogP contribution in [0, 0.1) is 0 Å². The van der Waals surface area contributed by atoms with Crippen molar-refractivity contribution >= 4 is 5.97 Å². The standard InChI is InChI=1S/C10H13F3N2O2/c1-2-3-4-5-6-7(8(16)17)15-9(14-6)10(11,12)13/h2-5H2,1H3,(H,14,15)(H,16,17). The number of rotatable bonds is 5. The van der Waals surface area contributed by atoms with Gasteiger partial charge in [0.15, 0.2) is 0 Å². The molecule has 0 aliphatic carbocycles. The monoisotopic (exact) mass is 250 g/mol. The maximum atomic E-state index is 12.3. The van der Waals surface area contributed by atoms with Gasteiger partial charge in [0, 0.05) is 0 Å². The lowest BCUT2D eigenvalue weighted by molar-refractivity contribution is -0.144. The van der Waals surface area contributed by atoms with Crippen LogP contribution < -0.4 is 0 Å². The first-order valence-corrected chi connectivity index (χ1v) is 5.25. The average molecular weight is 250 g/mol. The number of aromatic nitrogens is 2. The molecule has 96 valence electrons. The van der Waals surface area contributed by atoms with E-state index in [1.165, 1.54) is 0 Å². The highest BCUT2D eigenvalue weighted by Crippen LogP contribution is 2.28. The lowest BCUT2D eigenvalue weighted by Gasteiger charge is -1.99. The predicted octanol–water partition coefficient (Wildman–Crippen LogP) is 2.86. The number of hydrogen-bond donors (Lipinski definition) is 2. The van der Waals surface area contributed by atoms with Crippen molar-refractivity contribution in [2.75, 3.05) is 0 Å². The van der Waals surface area contributed by atoms with E-state index in [-0.39, 0.29) is 12.1 Å². The summed E-state index contributed by atoms with van der Waals surface area (Å²) in [5.41, 5.74) is -0.494. The number of unbranched alkanes of at least 4 members (excludes halogenated alkanes) is 2. The molecule has 0 amide bonds. The number of nitrogens with zero attached hydrogens (tertiary/aromatic N) is 1. The van der Waals surface area contributed by atoms with E-state index in [0.29, 0.717) is 6.42 Å². The fourth-order valence-electron chi connectivity index (χ4n) is 1.44. The number of carbonyl (C=O) groups is 1. The first-order chi connectivity index (χ1) is 7.86. The molecule has 1 rings (SSSR count). The van der Waals surface area contributed by atoms with E-state index in [1.54, 1.807) is 0 Å². The predicted molar refractivity (Wildman–Crippen MR) is 53.8 cm³/mol. The second kappa shape index (κ2) is 5.20. The lowest BCUT2D eigenvalue weighted by atomic mass is 10.1. The van der Waals surface area contributed by atoms with E-state index < -0.39 is 23.7 Å². The smallest absolute Gasteiger partial charge is 0.449 e. The minimum absolute atomic E-state index is 0.0294. The van der Waals surface area contributed by atoms with Crippen molar-refractivity contribution in [1.29, 1.82) is 0 Å². The molecule has 0 unspecified atom stereocenters. The number of aryl methyl sites for hydroxylation is 1. The molecule has 1 aromatic rings. The topological polar surface area (TPSA) is 66.0 Å². The van der Waals surface area contributed by atoms with Crippen molar-refractivity contribution in [2.45, 2.75) is 38.8 Å².